The third kappa shape index (κ3) is 4.92. The van der Waals surface area contributed by atoms with Gasteiger partial charge in [-0.15, -0.1) is 9.24 Å². The van der Waals surface area contributed by atoms with Crippen LogP contribution in [-0.4, -0.2) is 49.8 Å². The molecule has 1 aliphatic heterocycles. The number of nitrogens with zero attached hydrogens (tertiary/aromatic N) is 6. The summed E-state index contributed by atoms with van der Waals surface area (Å²) in [4.78, 5) is 27.6. The fourth-order valence-corrected chi connectivity index (χ4v) is 5.21. The molecule has 3 aromatic heterocycles. The molecule has 1 aromatic carbocycles. The van der Waals surface area contributed by atoms with Gasteiger partial charge >= 0.3 is 0 Å². The van der Waals surface area contributed by atoms with Gasteiger partial charge in [-0.2, -0.15) is 5.10 Å². The summed E-state index contributed by atoms with van der Waals surface area (Å²) in [6.45, 7) is 3.27. The average molecular weight is 523 g/mol. The summed E-state index contributed by atoms with van der Waals surface area (Å²) in [6.07, 6.45) is 6.33. The monoisotopic (exact) mass is 522 g/mol. The molecule has 0 radical (unpaired) electrons. The van der Waals surface area contributed by atoms with Gasteiger partial charge < -0.3 is 16.0 Å². The number of halogens is 2. The van der Waals surface area contributed by atoms with Crippen molar-refractivity contribution in [3.8, 4) is 11.3 Å². The van der Waals surface area contributed by atoms with Gasteiger partial charge in [0.25, 0.3) is 5.91 Å². The molecule has 1 fully saturated rings. The van der Waals surface area contributed by atoms with Gasteiger partial charge in [0.2, 0.25) is 0 Å². The van der Waals surface area contributed by atoms with E-state index in [9.17, 15) is 13.6 Å². The smallest absolute Gasteiger partial charge is 0.274 e. The highest BCUT2D eigenvalue weighted by molar-refractivity contribution is 7.28. The fraction of sp³-hybridized carbons (Fsp3) is 0.240. The number of nitrogens with two attached hydrogens (primary N) is 1. The highest BCUT2D eigenvalue weighted by Crippen LogP contribution is 2.33. The second kappa shape index (κ2) is 10.3. The Morgan fingerprint density at radius 1 is 1.14 bits per heavy atom. The average Bonchev–Trinajstić information content (AvgIpc) is 3.39. The summed E-state index contributed by atoms with van der Waals surface area (Å²) >= 11 is 0. The zero-order valence-electron chi connectivity index (χ0n) is 19.9. The van der Waals surface area contributed by atoms with Crippen LogP contribution < -0.4 is 21.3 Å². The molecule has 12 heteroatoms. The third-order valence-electron chi connectivity index (χ3n) is 6.45. The molecular formula is C25H25F2N8OP. The van der Waals surface area contributed by atoms with Gasteiger partial charge in [-0.25, -0.2) is 23.4 Å². The van der Waals surface area contributed by atoms with Crippen LogP contribution in [0.2, 0.25) is 0 Å². The van der Waals surface area contributed by atoms with Crippen molar-refractivity contribution in [1.29, 1.82) is 0 Å². The van der Waals surface area contributed by atoms with E-state index in [0.717, 1.165) is 11.8 Å². The molecule has 0 saturated carbocycles. The molecule has 190 valence electrons. The minimum Gasteiger partial charge on any atom is -0.368 e. The lowest BCUT2D eigenvalue weighted by Gasteiger charge is -2.42. The van der Waals surface area contributed by atoms with Crippen molar-refractivity contribution in [2.75, 3.05) is 23.3 Å². The van der Waals surface area contributed by atoms with Gasteiger partial charge in [-0.05, 0) is 35.5 Å². The lowest BCUT2D eigenvalue weighted by atomic mass is 9.90. The van der Waals surface area contributed by atoms with Gasteiger partial charge in [-0.3, -0.25) is 9.78 Å². The number of hydrogen-bond donors (Lipinski definition) is 2. The quantitative estimate of drug-likeness (QED) is 0.388. The highest BCUT2D eigenvalue weighted by atomic mass is 31.0. The first-order valence-electron chi connectivity index (χ1n) is 11.6. The van der Waals surface area contributed by atoms with Crippen LogP contribution in [0.25, 0.3) is 11.3 Å². The number of aromatic nitrogens is 5. The van der Waals surface area contributed by atoms with Crippen molar-refractivity contribution in [2.24, 2.45) is 11.7 Å². The van der Waals surface area contributed by atoms with E-state index in [0.29, 0.717) is 24.1 Å². The Labute approximate surface area is 214 Å². The number of anilines is 2. The van der Waals surface area contributed by atoms with Crippen molar-refractivity contribution < 1.29 is 13.6 Å². The van der Waals surface area contributed by atoms with Gasteiger partial charge in [0.1, 0.15) is 35.7 Å². The summed E-state index contributed by atoms with van der Waals surface area (Å²) in [5, 5.41) is 7.51. The molecule has 1 aliphatic rings. The molecule has 9 nitrogen and oxygen atoms in total. The van der Waals surface area contributed by atoms with Crippen LogP contribution in [0.15, 0.2) is 61.4 Å². The van der Waals surface area contributed by atoms with Crippen LogP contribution in [0, 0.1) is 17.6 Å². The van der Waals surface area contributed by atoms with E-state index >= 15 is 0 Å². The summed E-state index contributed by atoms with van der Waals surface area (Å²) in [5.41, 5.74) is 7.41. The van der Waals surface area contributed by atoms with Crippen LogP contribution >= 0.6 is 9.24 Å². The van der Waals surface area contributed by atoms with E-state index in [1.54, 1.807) is 29.3 Å². The van der Waals surface area contributed by atoms with Crippen molar-refractivity contribution in [1.82, 2.24) is 24.7 Å². The summed E-state index contributed by atoms with van der Waals surface area (Å²) in [7, 11) is 2.36. The summed E-state index contributed by atoms with van der Waals surface area (Å²) in [5.74, 6) is -1.80. The first-order chi connectivity index (χ1) is 17.8. The second-order valence-electron chi connectivity index (χ2n) is 8.99. The van der Waals surface area contributed by atoms with E-state index < -0.39 is 17.5 Å². The molecule has 4 unspecified atom stereocenters. The van der Waals surface area contributed by atoms with E-state index in [4.69, 9.17) is 5.73 Å². The van der Waals surface area contributed by atoms with Gasteiger partial charge in [0, 0.05) is 30.9 Å². The molecule has 0 aliphatic carbocycles. The van der Waals surface area contributed by atoms with Crippen LogP contribution in [0.3, 0.4) is 0 Å². The van der Waals surface area contributed by atoms with Crippen molar-refractivity contribution in [2.45, 2.75) is 19.0 Å². The maximum absolute atomic E-state index is 14.6. The highest BCUT2D eigenvalue weighted by Gasteiger charge is 2.35. The Bertz CT molecular complexity index is 1400. The molecule has 0 spiro atoms. The number of carbonyl (C=O) groups excluding carboxylic acids is 1. The Balaban J connectivity index is 1.40. The molecule has 1 saturated heterocycles. The Hall–Kier alpha value is -3.82. The standard InChI is InChI=1S/C25H25F2N8OP/c1-14-10-34(11-17(28)24(14)35-13-30-12-31-35)20-7-8-29-9-19(20)33-25(36)18-6-5-16(27)23(32-18)22-15(26)3-2-4-21(22)37/h2-9,12-14,17,24H,10-11,28,37H2,1H3,(H,33,36). The van der Waals surface area contributed by atoms with Gasteiger partial charge in [0.15, 0.2) is 0 Å². The number of piperidine rings is 1. The zero-order valence-corrected chi connectivity index (χ0v) is 21.1. The minimum atomic E-state index is -0.731. The van der Waals surface area contributed by atoms with E-state index in [1.165, 1.54) is 30.7 Å². The van der Waals surface area contributed by atoms with Crippen LogP contribution in [0.5, 0.6) is 0 Å². The van der Waals surface area contributed by atoms with E-state index in [1.807, 2.05) is 0 Å². The Morgan fingerprint density at radius 2 is 1.97 bits per heavy atom. The van der Waals surface area contributed by atoms with E-state index in [2.05, 4.69) is 46.4 Å². The van der Waals surface area contributed by atoms with Gasteiger partial charge in [0.05, 0.1) is 23.6 Å². The predicted molar refractivity (Wildman–Crippen MR) is 140 cm³/mol. The molecule has 4 atom stereocenters. The maximum Gasteiger partial charge on any atom is 0.274 e. The summed E-state index contributed by atoms with van der Waals surface area (Å²) < 4.78 is 30.9. The summed E-state index contributed by atoms with van der Waals surface area (Å²) in [6, 6.07) is 8.27. The molecule has 37 heavy (non-hydrogen) atoms. The normalized spacial score (nSPS) is 19.6. The molecule has 1 amide bonds. The lowest BCUT2D eigenvalue weighted by Crippen LogP contribution is -2.53. The van der Waals surface area contributed by atoms with Crippen molar-refractivity contribution >= 4 is 31.8 Å². The number of benzene rings is 1. The number of amides is 1. The first-order valence-corrected chi connectivity index (χ1v) is 12.2. The number of pyridine rings is 2. The molecular weight excluding hydrogens is 497 g/mol. The van der Waals surface area contributed by atoms with Gasteiger partial charge in [-0.1, -0.05) is 19.1 Å². The maximum atomic E-state index is 14.6. The number of hydrogen-bond acceptors (Lipinski definition) is 7. The Morgan fingerprint density at radius 3 is 2.70 bits per heavy atom. The molecule has 0 bridgehead atoms. The lowest BCUT2D eigenvalue weighted by molar-refractivity contribution is 0.102. The van der Waals surface area contributed by atoms with Crippen molar-refractivity contribution in [3.63, 3.8) is 0 Å². The van der Waals surface area contributed by atoms with Crippen LogP contribution in [0.1, 0.15) is 23.5 Å². The second-order valence-corrected chi connectivity index (χ2v) is 9.61. The SMILES string of the molecule is CC1CN(c2ccncc2NC(=O)c2ccc(F)c(-c3c(F)cccc3P)n2)CC(N)C1n1cncn1. The topological polar surface area (TPSA) is 115 Å². The van der Waals surface area contributed by atoms with Crippen LogP contribution in [0.4, 0.5) is 20.2 Å². The molecule has 3 N–H and O–H groups in total. The minimum absolute atomic E-state index is 0.0135. The third-order valence-corrected chi connectivity index (χ3v) is 6.93. The first kappa shape index (κ1) is 24.9. The van der Waals surface area contributed by atoms with Crippen molar-refractivity contribution in [3.05, 3.63) is 78.8 Å². The number of rotatable bonds is 5. The molecule has 4 aromatic rings. The number of carbonyl (C=O) groups is 1. The molecule has 4 heterocycles. The van der Waals surface area contributed by atoms with Crippen LogP contribution in [-0.2, 0) is 0 Å². The molecule has 5 rings (SSSR count). The largest absolute Gasteiger partial charge is 0.368 e. The Kier molecular flexibility index (Phi) is 6.90. The van der Waals surface area contributed by atoms with E-state index in [-0.39, 0.29) is 35.0 Å². The number of nitrogens with one attached hydrogen (secondary N) is 1. The fourth-order valence-electron chi connectivity index (χ4n) is 4.82. The zero-order chi connectivity index (χ0) is 26.1. The predicted octanol–water partition coefficient (Wildman–Crippen LogP) is 2.79.